The van der Waals surface area contributed by atoms with Gasteiger partial charge in [0.2, 0.25) is 5.88 Å². The molecule has 0 aliphatic carbocycles. The third kappa shape index (κ3) is 3.98. The summed E-state index contributed by atoms with van der Waals surface area (Å²) >= 11 is 4.53. The number of halogens is 5. The Labute approximate surface area is 115 Å². The molecule has 0 spiro atoms. The summed E-state index contributed by atoms with van der Waals surface area (Å²) in [5.41, 5.74) is 0.0214. The minimum Gasteiger partial charge on any atom is -0.478 e. The van der Waals surface area contributed by atoms with Crippen LogP contribution in [0.5, 0.6) is 5.88 Å². The lowest BCUT2D eigenvalue weighted by Gasteiger charge is -2.11. The van der Waals surface area contributed by atoms with Crippen LogP contribution in [-0.4, -0.2) is 22.4 Å². The molecule has 0 unspecified atom stereocenters. The Kier molecular flexibility index (Phi) is 4.58. The van der Waals surface area contributed by atoms with E-state index in [2.05, 4.69) is 25.7 Å². The van der Waals surface area contributed by atoms with E-state index >= 15 is 0 Å². The molecule has 94 valence electrons. The molecular formula is C8H4BrF3INO3. The van der Waals surface area contributed by atoms with Gasteiger partial charge >= 0.3 is 12.3 Å². The first-order valence-electron chi connectivity index (χ1n) is 3.99. The quantitative estimate of drug-likeness (QED) is 0.459. The maximum absolute atomic E-state index is 12.0. The molecule has 0 aliphatic rings. The molecule has 0 aliphatic heterocycles. The average Bonchev–Trinajstić information content (AvgIpc) is 2.12. The van der Waals surface area contributed by atoms with Gasteiger partial charge < -0.3 is 9.84 Å². The molecule has 1 N–H and O–H groups in total. The molecule has 0 radical (unpaired) electrons. The van der Waals surface area contributed by atoms with Gasteiger partial charge in [0.05, 0.1) is 5.56 Å². The highest BCUT2D eigenvalue weighted by Crippen LogP contribution is 2.26. The van der Waals surface area contributed by atoms with Crippen molar-refractivity contribution in [2.24, 2.45) is 0 Å². The van der Waals surface area contributed by atoms with Gasteiger partial charge in [-0.25, -0.2) is 9.78 Å². The fourth-order valence-corrected chi connectivity index (χ4v) is 2.30. The summed E-state index contributed by atoms with van der Waals surface area (Å²) in [6.07, 6.45) is -4.86. The van der Waals surface area contributed by atoms with E-state index in [1.165, 1.54) is 0 Å². The molecule has 4 nitrogen and oxygen atoms in total. The van der Waals surface area contributed by atoms with Gasteiger partial charge in [-0.15, -0.1) is 13.2 Å². The molecule has 0 atom stereocenters. The lowest BCUT2D eigenvalue weighted by Crippen LogP contribution is -2.19. The molecule has 1 aromatic heterocycles. The van der Waals surface area contributed by atoms with Crippen LogP contribution in [0.25, 0.3) is 0 Å². The normalized spacial score (nSPS) is 11.4. The van der Waals surface area contributed by atoms with E-state index in [0.29, 0.717) is 0 Å². The number of hydrogen-bond acceptors (Lipinski definition) is 3. The molecule has 17 heavy (non-hydrogen) atoms. The topological polar surface area (TPSA) is 59.4 Å². The number of alkyl halides is 4. The van der Waals surface area contributed by atoms with Gasteiger partial charge in [0.15, 0.2) is 0 Å². The summed E-state index contributed by atoms with van der Waals surface area (Å²) in [6.45, 7) is 0. The monoisotopic (exact) mass is 425 g/mol. The van der Waals surface area contributed by atoms with Gasteiger partial charge in [0, 0.05) is 11.4 Å². The van der Waals surface area contributed by atoms with Crippen molar-refractivity contribution in [1.82, 2.24) is 4.98 Å². The smallest absolute Gasteiger partial charge is 0.478 e. The second-order valence-electron chi connectivity index (χ2n) is 2.77. The average molecular weight is 426 g/mol. The van der Waals surface area contributed by atoms with Gasteiger partial charge in [0.1, 0.15) is 3.70 Å². The molecule has 0 amide bonds. The van der Waals surface area contributed by atoms with Crippen LogP contribution >= 0.6 is 38.5 Å². The lowest BCUT2D eigenvalue weighted by molar-refractivity contribution is -0.276. The number of carboxylic acids is 1. The van der Waals surface area contributed by atoms with E-state index in [1.807, 2.05) is 0 Å². The molecule has 0 fully saturated rings. The van der Waals surface area contributed by atoms with E-state index in [1.54, 1.807) is 22.6 Å². The number of aromatic carboxylic acids is 1. The number of carboxylic acid groups (broad SMARTS) is 1. The molecule has 9 heteroatoms. The van der Waals surface area contributed by atoms with Gasteiger partial charge in [0.25, 0.3) is 0 Å². The van der Waals surface area contributed by atoms with Crippen LogP contribution in [0.3, 0.4) is 0 Å². The zero-order valence-electron chi connectivity index (χ0n) is 7.89. The fraction of sp³-hybridized carbons (Fsp3) is 0.250. The zero-order chi connectivity index (χ0) is 13.2. The Hall–Kier alpha value is -0.580. The first-order chi connectivity index (χ1) is 7.74. The van der Waals surface area contributed by atoms with Crippen LogP contribution in [0.1, 0.15) is 15.9 Å². The van der Waals surface area contributed by atoms with Crippen molar-refractivity contribution in [2.45, 2.75) is 11.7 Å². The second kappa shape index (κ2) is 5.38. The fourth-order valence-electron chi connectivity index (χ4n) is 1.04. The van der Waals surface area contributed by atoms with Gasteiger partial charge in [-0.1, -0.05) is 15.9 Å². The van der Waals surface area contributed by atoms with Crippen LogP contribution in [0, 0.1) is 3.70 Å². The minimum absolute atomic E-state index is 0.0636. The molecule has 0 saturated carbocycles. The molecule has 0 bridgehead atoms. The Bertz CT molecular complexity index is 452. The van der Waals surface area contributed by atoms with Crippen molar-refractivity contribution < 1.29 is 27.8 Å². The van der Waals surface area contributed by atoms with Crippen molar-refractivity contribution in [3.63, 3.8) is 0 Å². The summed E-state index contributed by atoms with van der Waals surface area (Å²) < 4.78 is 39.5. The number of nitrogens with zero attached hydrogens (tertiary/aromatic N) is 1. The zero-order valence-corrected chi connectivity index (χ0v) is 11.6. The predicted octanol–water partition coefficient (Wildman–Crippen LogP) is 3.18. The van der Waals surface area contributed by atoms with Crippen molar-refractivity contribution in [1.29, 1.82) is 0 Å². The number of hydrogen-bond donors (Lipinski definition) is 1. The Morgan fingerprint density at radius 1 is 1.59 bits per heavy atom. The van der Waals surface area contributed by atoms with Crippen molar-refractivity contribution >= 4 is 44.5 Å². The molecular weight excluding hydrogens is 422 g/mol. The van der Waals surface area contributed by atoms with Crippen LogP contribution in [0.2, 0.25) is 0 Å². The van der Waals surface area contributed by atoms with Crippen LogP contribution in [0.4, 0.5) is 13.2 Å². The maximum Gasteiger partial charge on any atom is 0.574 e. The van der Waals surface area contributed by atoms with E-state index in [9.17, 15) is 18.0 Å². The summed E-state index contributed by atoms with van der Waals surface area (Å²) in [7, 11) is 0. The molecule has 1 heterocycles. The molecule has 1 rings (SSSR count). The SMILES string of the molecule is O=C(O)c1c(CBr)cc(OC(F)(F)F)nc1I. The Morgan fingerprint density at radius 3 is 2.59 bits per heavy atom. The molecule has 1 aromatic rings. The predicted molar refractivity (Wildman–Crippen MR) is 63.2 cm³/mol. The van der Waals surface area contributed by atoms with Gasteiger partial charge in [-0.3, -0.25) is 0 Å². The number of aromatic nitrogens is 1. The standard InChI is InChI=1S/C8H4BrF3INO3/c9-2-3-1-4(17-8(10,11)12)14-6(13)5(3)7(15)16/h1H,2H2,(H,15,16). The second-order valence-corrected chi connectivity index (χ2v) is 4.35. The number of ether oxygens (including phenoxy) is 1. The first-order valence-corrected chi connectivity index (χ1v) is 6.19. The van der Waals surface area contributed by atoms with Crippen molar-refractivity contribution in [2.75, 3.05) is 0 Å². The lowest BCUT2D eigenvalue weighted by atomic mass is 10.1. The number of pyridine rings is 1. The van der Waals surface area contributed by atoms with Crippen LogP contribution in [0.15, 0.2) is 6.07 Å². The molecule has 0 aromatic carbocycles. The third-order valence-corrected chi connectivity index (χ3v) is 3.00. The Balaban J connectivity index is 3.23. The largest absolute Gasteiger partial charge is 0.574 e. The third-order valence-electron chi connectivity index (χ3n) is 1.61. The molecule has 0 saturated heterocycles. The van der Waals surface area contributed by atoms with Crippen LogP contribution < -0.4 is 4.74 Å². The van der Waals surface area contributed by atoms with Gasteiger partial charge in [-0.05, 0) is 28.2 Å². The minimum atomic E-state index is -4.86. The number of carbonyl (C=O) groups is 1. The summed E-state index contributed by atoms with van der Waals surface area (Å²) in [5, 5.41) is 8.96. The van der Waals surface area contributed by atoms with E-state index < -0.39 is 18.2 Å². The van der Waals surface area contributed by atoms with Gasteiger partial charge in [-0.2, -0.15) is 0 Å². The Morgan fingerprint density at radius 2 is 2.18 bits per heavy atom. The van der Waals surface area contributed by atoms with Crippen molar-refractivity contribution in [3.05, 3.63) is 20.9 Å². The summed E-state index contributed by atoms with van der Waals surface area (Å²) in [5.74, 6) is -1.93. The van der Waals surface area contributed by atoms with Crippen LogP contribution in [-0.2, 0) is 5.33 Å². The van der Waals surface area contributed by atoms with E-state index in [4.69, 9.17) is 5.11 Å². The maximum atomic E-state index is 12.0. The van der Waals surface area contributed by atoms with E-state index in [0.717, 1.165) is 6.07 Å². The summed E-state index contributed by atoms with van der Waals surface area (Å²) in [6, 6.07) is 0.938. The number of rotatable bonds is 3. The van der Waals surface area contributed by atoms with Crippen molar-refractivity contribution in [3.8, 4) is 5.88 Å². The highest BCUT2D eigenvalue weighted by atomic mass is 127. The summed E-state index contributed by atoms with van der Waals surface area (Å²) in [4.78, 5) is 14.3. The highest BCUT2D eigenvalue weighted by Gasteiger charge is 2.32. The highest BCUT2D eigenvalue weighted by molar-refractivity contribution is 14.1. The van der Waals surface area contributed by atoms with E-state index in [-0.39, 0.29) is 20.2 Å². The first kappa shape index (κ1) is 14.5.